The monoisotopic (exact) mass is 494 g/mol. The Morgan fingerprint density at radius 2 is 1.97 bits per heavy atom. The van der Waals surface area contributed by atoms with Gasteiger partial charge in [-0.25, -0.2) is 14.2 Å². The molecule has 0 spiro atoms. The third-order valence-electron chi connectivity index (χ3n) is 5.52. The Morgan fingerprint density at radius 3 is 2.66 bits per heavy atom. The smallest absolute Gasteiger partial charge is 0.338 e. The first kappa shape index (κ1) is 24.7. The zero-order valence-corrected chi connectivity index (χ0v) is 20.6. The van der Waals surface area contributed by atoms with Crippen molar-refractivity contribution < 1.29 is 18.7 Å². The van der Waals surface area contributed by atoms with Gasteiger partial charge in [0.15, 0.2) is 5.17 Å². The van der Waals surface area contributed by atoms with Crippen LogP contribution in [0.3, 0.4) is 0 Å². The summed E-state index contributed by atoms with van der Waals surface area (Å²) in [5.74, 6) is -1.00. The highest BCUT2D eigenvalue weighted by molar-refractivity contribution is 8.16. The Bertz CT molecular complexity index is 1190. The molecule has 1 unspecified atom stereocenters. The Morgan fingerprint density at radius 1 is 1.20 bits per heavy atom. The lowest BCUT2D eigenvalue weighted by molar-refractivity contribution is -0.143. The zero-order chi connectivity index (χ0) is 24.9. The normalized spacial score (nSPS) is 17.2. The van der Waals surface area contributed by atoms with Gasteiger partial charge in [0.1, 0.15) is 5.82 Å². The number of nitrogens with zero attached hydrogens (tertiary/aromatic N) is 3. The molecular weight excluding hydrogens is 467 g/mol. The molecule has 9 heteroatoms. The molecule has 7 nitrogen and oxygen atoms in total. The number of amides is 1. The van der Waals surface area contributed by atoms with E-state index in [2.05, 4.69) is 15.3 Å². The van der Waals surface area contributed by atoms with Crippen LogP contribution in [0, 0.1) is 5.82 Å². The number of thioether (sulfide) groups is 1. The van der Waals surface area contributed by atoms with Crippen molar-refractivity contribution in [3.05, 3.63) is 88.1 Å². The van der Waals surface area contributed by atoms with Crippen molar-refractivity contribution in [3.8, 4) is 0 Å². The summed E-state index contributed by atoms with van der Waals surface area (Å²) in [6.07, 6.45) is 2.15. The van der Waals surface area contributed by atoms with Crippen molar-refractivity contribution in [1.82, 2.24) is 15.2 Å². The maximum atomic E-state index is 13.7. The van der Waals surface area contributed by atoms with Gasteiger partial charge in [0.25, 0.3) is 0 Å². The van der Waals surface area contributed by atoms with E-state index in [4.69, 9.17) is 4.74 Å². The van der Waals surface area contributed by atoms with Gasteiger partial charge in [-0.1, -0.05) is 30.0 Å². The molecule has 0 aliphatic carbocycles. The van der Waals surface area contributed by atoms with Crippen LogP contribution in [-0.4, -0.2) is 39.6 Å². The van der Waals surface area contributed by atoms with E-state index in [1.807, 2.05) is 28.5 Å². The molecule has 0 saturated carbocycles. The first-order valence-electron chi connectivity index (χ1n) is 11.4. The van der Waals surface area contributed by atoms with Crippen LogP contribution in [0.2, 0.25) is 0 Å². The molecular formula is C26H27FN4O3S. The number of hydrogen-bond acceptors (Lipinski definition) is 7. The molecule has 1 aromatic heterocycles. The van der Waals surface area contributed by atoms with E-state index in [1.165, 1.54) is 23.9 Å². The number of halogens is 1. The molecule has 2 aliphatic rings. The van der Waals surface area contributed by atoms with Crippen LogP contribution in [0.4, 0.5) is 4.39 Å². The third-order valence-corrected chi connectivity index (χ3v) is 6.41. The van der Waals surface area contributed by atoms with Crippen LogP contribution in [0.15, 0.2) is 76.0 Å². The first-order chi connectivity index (χ1) is 16.8. The molecule has 4 rings (SSSR count). The summed E-state index contributed by atoms with van der Waals surface area (Å²) in [7, 11) is 0. The molecule has 0 bridgehead atoms. The standard InChI is InChI=1S/C26H27FN4O3S/c1-16(2)34-25(33)23-17(3)30-26-31(24(23)18-7-9-19(27)10-8-18)21(15-35-26)14-22(32)29-13-11-20-6-4-5-12-28-20/h4-10,12,15-16,24H,11,13-14H2,1-3H3,(H,29,32). The highest BCUT2D eigenvalue weighted by Crippen LogP contribution is 2.44. The summed E-state index contributed by atoms with van der Waals surface area (Å²) in [4.78, 5) is 36.6. The van der Waals surface area contributed by atoms with Gasteiger partial charge < -0.3 is 15.0 Å². The second-order valence-electron chi connectivity index (χ2n) is 8.50. The fraction of sp³-hybridized carbons (Fsp3) is 0.308. The van der Waals surface area contributed by atoms with Gasteiger partial charge in [-0.15, -0.1) is 0 Å². The molecule has 0 fully saturated rings. The van der Waals surface area contributed by atoms with Crippen molar-refractivity contribution in [2.45, 2.75) is 45.8 Å². The van der Waals surface area contributed by atoms with Gasteiger partial charge in [0.05, 0.1) is 29.8 Å². The summed E-state index contributed by atoms with van der Waals surface area (Å²) < 4.78 is 19.2. The number of pyridine rings is 1. The van der Waals surface area contributed by atoms with Crippen LogP contribution in [0.1, 0.15) is 44.5 Å². The lowest BCUT2D eigenvalue weighted by Crippen LogP contribution is -2.38. The van der Waals surface area contributed by atoms with E-state index in [9.17, 15) is 14.0 Å². The maximum absolute atomic E-state index is 13.7. The number of aliphatic imine (C=N–C) groups is 1. The number of hydrogen-bond donors (Lipinski definition) is 1. The van der Waals surface area contributed by atoms with E-state index in [0.29, 0.717) is 40.7 Å². The van der Waals surface area contributed by atoms with Crippen molar-refractivity contribution in [2.75, 3.05) is 6.54 Å². The minimum atomic E-state index is -0.586. The van der Waals surface area contributed by atoms with Gasteiger partial charge in [-0.05, 0) is 56.0 Å². The fourth-order valence-electron chi connectivity index (χ4n) is 3.97. The highest BCUT2D eigenvalue weighted by Gasteiger charge is 2.41. The predicted octanol–water partition coefficient (Wildman–Crippen LogP) is 4.50. The van der Waals surface area contributed by atoms with Crippen molar-refractivity contribution in [1.29, 1.82) is 0 Å². The van der Waals surface area contributed by atoms with Gasteiger partial charge in [-0.2, -0.15) is 0 Å². The number of amidine groups is 1. The number of rotatable bonds is 8. The van der Waals surface area contributed by atoms with E-state index < -0.39 is 12.0 Å². The first-order valence-corrected chi connectivity index (χ1v) is 12.3. The summed E-state index contributed by atoms with van der Waals surface area (Å²) in [6, 6.07) is 11.1. The lowest BCUT2D eigenvalue weighted by atomic mass is 9.93. The number of esters is 1. The summed E-state index contributed by atoms with van der Waals surface area (Å²) in [6.45, 7) is 5.79. The van der Waals surface area contributed by atoms with Crippen molar-refractivity contribution in [3.63, 3.8) is 0 Å². The Kier molecular flexibility index (Phi) is 7.65. The van der Waals surface area contributed by atoms with Crippen LogP contribution >= 0.6 is 11.8 Å². The summed E-state index contributed by atoms with van der Waals surface area (Å²) >= 11 is 1.39. The second kappa shape index (κ2) is 10.9. The Hall–Kier alpha value is -3.46. The average Bonchev–Trinajstić information content (AvgIpc) is 3.20. The van der Waals surface area contributed by atoms with Crippen molar-refractivity contribution in [2.24, 2.45) is 4.99 Å². The topological polar surface area (TPSA) is 83.9 Å². The summed E-state index contributed by atoms with van der Waals surface area (Å²) in [5, 5.41) is 5.47. The van der Waals surface area contributed by atoms with Gasteiger partial charge in [0.2, 0.25) is 5.91 Å². The molecule has 182 valence electrons. The highest BCUT2D eigenvalue weighted by atomic mass is 32.2. The fourth-order valence-corrected chi connectivity index (χ4v) is 4.94. The van der Waals surface area contributed by atoms with E-state index >= 15 is 0 Å². The molecule has 1 aromatic carbocycles. The van der Waals surface area contributed by atoms with E-state index in [-0.39, 0.29) is 24.2 Å². The molecule has 2 aliphatic heterocycles. The Balaban J connectivity index is 1.55. The average molecular weight is 495 g/mol. The van der Waals surface area contributed by atoms with Gasteiger partial charge >= 0.3 is 5.97 Å². The van der Waals surface area contributed by atoms with Crippen LogP contribution in [0.25, 0.3) is 0 Å². The van der Waals surface area contributed by atoms with Gasteiger partial charge in [-0.3, -0.25) is 9.78 Å². The van der Waals surface area contributed by atoms with E-state index in [0.717, 1.165) is 5.69 Å². The molecule has 3 heterocycles. The molecule has 0 radical (unpaired) electrons. The number of allylic oxidation sites excluding steroid dienone is 1. The number of benzene rings is 1. The maximum Gasteiger partial charge on any atom is 0.338 e. The minimum Gasteiger partial charge on any atom is -0.459 e. The number of carbonyl (C=O) groups is 2. The second-order valence-corrected chi connectivity index (χ2v) is 9.33. The van der Waals surface area contributed by atoms with Crippen LogP contribution in [-0.2, 0) is 20.7 Å². The summed E-state index contributed by atoms with van der Waals surface area (Å²) in [5.41, 5.74) is 3.23. The zero-order valence-electron chi connectivity index (χ0n) is 19.8. The molecule has 1 amide bonds. The molecule has 1 atom stereocenters. The molecule has 2 aromatic rings. The minimum absolute atomic E-state index is 0.109. The number of ether oxygens (including phenoxy) is 1. The predicted molar refractivity (Wildman–Crippen MR) is 134 cm³/mol. The number of nitrogens with one attached hydrogen (secondary N) is 1. The quantitative estimate of drug-likeness (QED) is 0.544. The Labute approximate surface area is 208 Å². The van der Waals surface area contributed by atoms with E-state index in [1.54, 1.807) is 39.1 Å². The van der Waals surface area contributed by atoms with Crippen LogP contribution < -0.4 is 5.32 Å². The SMILES string of the molecule is CC1=C(C(=O)OC(C)C)C(c2ccc(F)cc2)N2C(CC(=O)NCCc3ccccn3)=CSC2=N1. The number of fused-ring (bicyclic) bond motifs is 1. The van der Waals surface area contributed by atoms with Gasteiger partial charge in [0, 0.05) is 30.6 Å². The number of aromatic nitrogens is 1. The molecule has 35 heavy (non-hydrogen) atoms. The third kappa shape index (κ3) is 5.79. The van der Waals surface area contributed by atoms with Crippen LogP contribution in [0.5, 0.6) is 0 Å². The van der Waals surface area contributed by atoms with Crippen molar-refractivity contribution >= 4 is 28.8 Å². The number of carbonyl (C=O) groups excluding carboxylic acids is 2. The molecule has 1 N–H and O–H groups in total. The largest absolute Gasteiger partial charge is 0.459 e. The molecule has 0 saturated heterocycles. The lowest BCUT2D eigenvalue weighted by Gasteiger charge is -2.36.